The Morgan fingerprint density at radius 1 is 1.03 bits per heavy atom. The van der Waals surface area contributed by atoms with E-state index in [0.29, 0.717) is 6.42 Å². The van der Waals surface area contributed by atoms with E-state index in [9.17, 15) is 9.59 Å². The van der Waals surface area contributed by atoms with Crippen molar-refractivity contribution in [1.82, 2.24) is 25.4 Å². The summed E-state index contributed by atoms with van der Waals surface area (Å²) < 4.78 is 2.06. The van der Waals surface area contributed by atoms with Crippen LogP contribution in [0.25, 0.3) is 5.69 Å². The molecule has 0 aliphatic carbocycles. The van der Waals surface area contributed by atoms with Crippen molar-refractivity contribution in [3.05, 3.63) is 70.5 Å². The number of hydrogen-bond donors (Lipinski definition) is 2. The summed E-state index contributed by atoms with van der Waals surface area (Å²) >= 11 is 1.62. The van der Waals surface area contributed by atoms with E-state index in [1.807, 2.05) is 0 Å². The fourth-order valence-electron chi connectivity index (χ4n) is 3.58. The molecule has 1 atom stereocenters. The third-order valence-electron chi connectivity index (χ3n) is 5.24. The molecule has 7 nitrogen and oxygen atoms in total. The van der Waals surface area contributed by atoms with Crippen LogP contribution in [0.4, 0.5) is 4.79 Å². The zero-order valence-electron chi connectivity index (χ0n) is 17.8. The molecular formula is C23H25N5O2S. The Hall–Kier alpha value is -3.13. The number of carbonyl (C=O) groups is 2. The first-order valence-corrected chi connectivity index (χ1v) is 11.2. The lowest BCUT2D eigenvalue weighted by molar-refractivity contribution is -0.121. The highest BCUT2D eigenvalue weighted by Crippen LogP contribution is 2.28. The summed E-state index contributed by atoms with van der Waals surface area (Å²) in [5, 5.41) is 14.8. The van der Waals surface area contributed by atoms with Crippen LogP contribution in [0.15, 0.2) is 47.6 Å². The van der Waals surface area contributed by atoms with E-state index in [0.717, 1.165) is 33.5 Å². The highest BCUT2D eigenvalue weighted by atomic mass is 32.2. The van der Waals surface area contributed by atoms with Crippen molar-refractivity contribution in [2.45, 2.75) is 50.6 Å². The van der Waals surface area contributed by atoms with Gasteiger partial charge in [0.15, 0.2) is 5.16 Å². The molecule has 4 rings (SSSR count). The van der Waals surface area contributed by atoms with E-state index in [2.05, 4.69) is 88.6 Å². The van der Waals surface area contributed by atoms with Gasteiger partial charge in [0.1, 0.15) is 5.82 Å². The molecule has 31 heavy (non-hydrogen) atoms. The minimum Gasteiger partial charge on any atom is -0.334 e. The molecule has 1 saturated heterocycles. The van der Waals surface area contributed by atoms with Crippen LogP contribution in [0.3, 0.4) is 0 Å². The van der Waals surface area contributed by atoms with Gasteiger partial charge >= 0.3 is 6.03 Å². The van der Waals surface area contributed by atoms with Gasteiger partial charge in [-0.25, -0.2) is 4.79 Å². The van der Waals surface area contributed by atoms with Crippen LogP contribution in [0, 0.1) is 20.8 Å². The lowest BCUT2D eigenvalue weighted by Gasteiger charge is -2.23. The van der Waals surface area contributed by atoms with Crippen LogP contribution in [0.2, 0.25) is 0 Å². The maximum Gasteiger partial charge on any atom is 0.321 e. The van der Waals surface area contributed by atoms with Gasteiger partial charge in [-0.15, -0.1) is 10.2 Å². The van der Waals surface area contributed by atoms with Gasteiger partial charge in [0, 0.05) is 24.6 Å². The predicted molar refractivity (Wildman–Crippen MR) is 120 cm³/mol. The van der Waals surface area contributed by atoms with Crippen LogP contribution in [0.1, 0.15) is 34.5 Å². The fourth-order valence-corrected chi connectivity index (χ4v) is 4.50. The molecule has 0 bridgehead atoms. The molecule has 3 amide bonds. The monoisotopic (exact) mass is 435 g/mol. The van der Waals surface area contributed by atoms with E-state index >= 15 is 0 Å². The highest BCUT2D eigenvalue weighted by molar-refractivity contribution is 7.98. The number of imide groups is 1. The third kappa shape index (κ3) is 4.96. The second-order valence-electron chi connectivity index (χ2n) is 7.93. The van der Waals surface area contributed by atoms with Crippen LogP contribution >= 0.6 is 11.8 Å². The second kappa shape index (κ2) is 8.93. The zero-order valence-corrected chi connectivity index (χ0v) is 18.6. The summed E-state index contributed by atoms with van der Waals surface area (Å²) in [6.45, 7) is 6.19. The smallest absolute Gasteiger partial charge is 0.321 e. The van der Waals surface area contributed by atoms with Gasteiger partial charge in [-0.1, -0.05) is 53.7 Å². The lowest BCUT2D eigenvalue weighted by atomic mass is 10.1. The number of hydrogen-bond acceptors (Lipinski definition) is 5. The third-order valence-corrected chi connectivity index (χ3v) is 6.24. The Morgan fingerprint density at radius 2 is 1.77 bits per heavy atom. The number of nitrogens with zero attached hydrogens (tertiary/aromatic N) is 3. The standard InChI is InChI=1S/C23H25N5O2S/c1-14-5-8-17(9-6-14)13-31-23-27-26-20(11-18-12-21(29)25-22(30)24-18)28(23)19-10-15(2)4-7-16(19)3/h4-10,18H,11-13H2,1-3H3,(H2,24,25,29,30). The summed E-state index contributed by atoms with van der Waals surface area (Å²) in [7, 11) is 0. The first-order valence-electron chi connectivity index (χ1n) is 10.2. The van der Waals surface area contributed by atoms with Gasteiger partial charge in [0.2, 0.25) is 5.91 Å². The molecule has 1 aromatic heterocycles. The first-order chi connectivity index (χ1) is 14.9. The second-order valence-corrected chi connectivity index (χ2v) is 8.87. The maximum atomic E-state index is 11.8. The van der Waals surface area contributed by atoms with Crippen LogP contribution in [-0.2, 0) is 17.0 Å². The van der Waals surface area contributed by atoms with E-state index in [-0.39, 0.29) is 18.4 Å². The zero-order chi connectivity index (χ0) is 22.0. The minimum absolute atomic E-state index is 0.219. The molecule has 2 N–H and O–H groups in total. The van der Waals surface area contributed by atoms with Crippen molar-refractivity contribution in [1.29, 1.82) is 0 Å². The van der Waals surface area contributed by atoms with Crippen LogP contribution in [0.5, 0.6) is 0 Å². The van der Waals surface area contributed by atoms with Crippen molar-refractivity contribution in [3.63, 3.8) is 0 Å². The molecule has 0 spiro atoms. The van der Waals surface area contributed by atoms with Gasteiger partial charge in [0.25, 0.3) is 0 Å². The lowest BCUT2D eigenvalue weighted by Crippen LogP contribution is -2.53. The summed E-state index contributed by atoms with van der Waals surface area (Å²) in [6, 6.07) is 13.9. The number of carbonyl (C=O) groups excluding carboxylic acids is 2. The van der Waals surface area contributed by atoms with E-state index in [1.54, 1.807) is 11.8 Å². The Bertz CT molecular complexity index is 1110. The molecule has 3 aromatic rings. The number of nitrogens with one attached hydrogen (secondary N) is 2. The van der Waals surface area contributed by atoms with Crippen molar-refractivity contribution in [2.75, 3.05) is 0 Å². The molecule has 0 radical (unpaired) electrons. The summed E-state index contributed by atoms with van der Waals surface area (Å²) in [5.41, 5.74) is 5.70. The van der Waals surface area contributed by atoms with Gasteiger partial charge in [-0.3, -0.25) is 14.7 Å². The Morgan fingerprint density at radius 3 is 2.52 bits per heavy atom. The average Bonchev–Trinajstić information content (AvgIpc) is 3.11. The average molecular weight is 436 g/mol. The first kappa shape index (κ1) is 21.1. The molecule has 0 saturated carbocycles. The number of urea groups is 1. The molecule has 1 fully saturated rings. The normalized spacial score (nSPS) is 16.2. The van der Waals surface area contributed by atoms with Gasteiger partial charge in [0.05, 0.1) is 5.69 Å². The molecule has 1 aliphatic rings. The van der Waals surface area contributed by atoms with Crippen LogP contribution < -0.4 is 10.6 Å². The van der Waals surface area contributed by atoms with Gasteiger partial charge in [-0.05, 0) is 43.5 Å². The Labute approximate surface area is 185 Å². The Kier molecular flexibility index (Phi) is 6.08. The van der Waals surface area contributed by atoms with Crippen molar-refractivity contribution >= 4 is 23.7 Å². The quantitative estimate of drug-likeness (QED) is 0.577. The molecule has 1 aliphatic heterocycles. The topological polar surface area (TPSA) is 88.9 Å². The molecule has 8 heteroatoms. The summed E-state index contributed by atoms with van der Waals surface area (Å²) in [5.74, 6) is 1.21. The number of thioether (sulfide) groups is 1. The van der Waals surface area contributed by atoms with Gasteiger partial charge < -0.3 is 5.32 Å². The molecule has 160 valence electrons. The number of benzene rings is 2. The maximum absolute atomic E-state index is 11.8. The number of amides is 3. The molecule has 2 aromatic carbocycles. The summed E-state index contributed by atoms with van der Waals surface area (Å²) in [4.78, 5) is 23.5. The van der Waals surface area contributed by atoms with Gasteiger partial charge in [-0.2, -0.15) is 0 Å². The molecular weight excluding hydrogens is 410 g/mol. The Balaban J connectivity index is 1.66. The fraction of sp³-hybridized carbons (Fsp3) is 0.304. The number of aromatic nitrogens is 3. The van der Waals surface area contributed by atoms with Crippen molar-refractivity contribution < 1.29 is 9.59 Å². The van der Waals surface area contributed by atoms with Crippen molar-refractivity contribution in [3.8, 4) is 5.69 Å². The largest absolute Gasteiger partial charge is 0.334 e. The van der Waals surface area contributed by atoms with Crippen LogP contribution in [-0.4, -0.2) is 32.7 Å². The summed E-state index contributed by atoms with van der Waals surface area (Å²) in [6.07, 6.45) is 0.641. The minimum atomic E-state index is -0.465. The molecule has 2 heterocycles. The SMILES string of the molecule is Cc1ccc(CSc2nnc(CC3CC(=O)NC(=O)N3)n2-c2cc(C)ccc2C)cc1. The predicted octanol–water partition coefficient (Wildman–Crippen LogP) is 3.63. The van der Waals surface area contributed by atoms with E-state index < -0.39 is 6.03 Å². The number of rotatable bonds is 6. The van der Waals surface area contributed by atoms with E-state index in [1.165, 1.54) is 11.1 Å². The number of aryl methyl sites for hydroxylation is 3. The van der Waals surface area contributed by atoms with E-state index in [4.69, 9.17) is 0 Å². The highest BCUT2D eigenvalue weighted by Gasteiger charge is 2.27. The molecule has 1 unspecified atom stereocenters. The van der Waals surface area contributed by atoms with Crippen molar-refractivity contribution in [2.24, 2.45) is 0 Å².